The van der Waals surface area contributed by atoms with Gasteiger partial charge in [-0.1, -0.05) is 20.8 Å². The van der Waals surface area contributed by atoms with Crippen LogP contribution in [0.25, 0.3) is 11.3 Å². The molecule has 5 heteroatoms. The molecule has 0 aromatic carbocycles. The van der Waals surface area contributed by atoms with Gasteiger partial charge < -0.3 is 9.72 Å². The van der Waals surface area contributed by atoms with Crippen molar-refractivity contribution in [2.24, 2.45) is 0 Å². The Morgan fingerprint density at radius 3 is 2.45 bits per heavy atom. The van der Waals surface area contributed by atoms with Crippen molar-refractivity contribution in [3.05, 3.63) is 40.1 Å². The number of nitrogens with one attached hydrogen (secondary N) is 1. The molecule has 0 aliphatic carbocycles. The van der Waals surface area contributed by atoms with Gasteiger partial charge in [-0.15, -0.1) is 0 Å². The van der Waals surface area contributed by atoms with Crippen LogP contribution in [-0.2, 0) is 5.41 Å². The van der Waals surface area contributed by atoms with Crippen molar-refractivity contribution in [2.45, 2.75) is 33.1 Å². The first kappa shape index (κ1) is 14.2. The van der Waals surface area contributed by atoms with Crippen molar-refractivity contribution in [2.75, 3.05) is 7.11 Å². The maximum Gasteiger partial charge on any atom is 0.254 e. The number of aromatic nitrogens is 3. The molecular weight excluding hydrogens is 254 g/mol. The maximum atomic E-state index is 12.1. The molecule has 2 aromatic rings. The van der Waals surface area contributed by atoms with Gasteiger partial charge in [0.2, 0.25) is 5.88 Å². The fourth-order valence-electron chi connectivity index (χ4n) is 1.81. The van der Waals surface area contributed by atoms with Crippen molar-refractivity contribution in [1.29, 1.82) is 0 Å². The molecule has 1 N–H and O–H groups in total. The predicted octanol–water partition coefficient (Wildman–Crippen LogP) is 2.45. The summed E-state index contributed by atoms with van der Waals surface area (Å²) in [5, 5.41) is 0. The molecule has 0 radical (unpaired) electrons. The normalized spacial score (nSPS) is 11.4. The number of H-pyrrole nitrogens is 1. The van der Waals surface area contributed by atoms with Crippen LogP contribution < -0.4 is 10.3 Å². The largest absolute Gasteiger partial charge is 0.481 e. The Labute approximate surface area is 118 Å². The van der Waals surface area contributed by atoms with Crippen LogP contribution in [0.5, 0.6) is 5.88 Å². The Hall–Kier alpha value is -2.17. The van der Waals surface area contributed by atoms with Crippen molar-refractivity contribution in [3.8, 4) is 17.1 Å². The third kappa shape index (κ3) is 2.71. The summed E-state index contributed by atoms with van der Waals surface area (Å²) in [7, 11) is 1.57. The minimum absolute atomic E-state index is 0.115. The second kappa shape index (κ2) is 5.07. The fourth-order valence-corrected chi connectivity index (χ4v) is 1.81. The van der Waals surface area contributed by atoms with Crippen LogP contribution in [0, 0.1) is 6.92 Å². The summed E-state index contributed by atoms with van der Waals surface area (Å²) in [6, 6.07) is 3.61. The Kier molecular flexibility index (Phi) is 3.61. The van der Waals surface area contributed by atoms with Crippen molar-refractivity contribution in [1.82, 2.24) is 15.0 Å². The Morgan fingerprint density at radius 2 is 1.95 bits per heavy atom. The van der Waals surface area contributed by atoms with Crippen molar-refractivity contribution in [3.63, 3.8) is 0 Å². The van der Waals surface area contributed by atoms with Gasteiger partial charge >= 0.3 is 0 Å². The Morgan fingerprint density at radius 1 is 1.25 bits per heavy atom. The standard InChI is InChI=1S/C15H19N3O2/c1-9-12(10-6-7-11(20-5)16-8-10)17-14(15(2,3)4)18-13(9)19/h6-8H,1-5H3,(H,17,18,19). The molecule has 0 unspecified atom stereocenters. The van der Waals surface area contributed by atoms with Crippen molar-refractivity contribution < 1.29 is 4.74 Å². The summed E-state index contributed by atoms with van der Waals surface area (Å²) in [6.07, 6.45) is 1.67. The van der Waals surface area contributed by atoms with Gasteiger partial charge in [0.05, 0.1) is 12.8 Å². The van der Waals surface area contributed by atoms with E-state index in [2.05, 4.69) is 15.0 Å². The van der Waals surface area contributed by atoms with E-state index in [9.17, 15) is 4.79 Å². The second-order valence-electron chi connectivity index (χ2n) is 5.73. The second-order valence-corrected chi connectivity index (χ2v) is 5.73. The maximum absolute atomic E-state index is 12.1. The monoisotopic (exact) mass is 273 g/mol. The van der Waals surface area contributed by atoms with Gasteiger partial charge in [-0.2, -0.15) is 0 Å². The average molecular weight is 273 g/mol. The zero-order valence-corrected chi connectivity index (χ0v) is 12.4. The number of aromatic amines is 1. The molecule has 2 aromatic heterocycles. The molecule has 0 bridgehead atoms. The summed E-state index contributed by atoms with van der Waals surface area (Å²) in [4.78, 5) is 23.7. The van der Waals surface area contributed by atoms with Crippen LogP contribution in [-0.4, -0.2) is 22.1 Å². The molecule has 0 spiro atoms. The lowest BCUT2D eigenvalue weighted by molar-refractivity contribution is 0.398. The first-order valence-corrected chi connectivity index (χ1v) is 6.44. The molecule has 0 saturated heterocycles. The van der Waals surface area contributed by atoms with Crippen LogP contribution in [0.1, 0.15) is 32.2 Å². The molecule has 2 heterocycles. The Balaban J connectivity index is 2.60. The van der Waals surface area contributed by atoms with Crippen LogP contribution in [0.2, 0.25) is 0 Å². The van der Waals surface area contributed by atoms with E-state index in [1.54, 1.807) is 26.3 Å². The predicted molar refractivity (Wildman–Crippen MR) is 78.1 cm³/mol. The van der Waals surface area contributed by atoms with Gasteiger partial charge in [-0.05, 0) is 13.0 Å². The molecule has 2 rings (SSSR count). The molecule has 5 nitrogen and oxygen atoms in total. The number of rotatable bonds is 2. The molecule has 0 aliphatic rings. The Bertz CT molecular complexity index is 667. The SMILES string of the molecule is COc1ccc(-c2nc(C(C)(C)C)[nH]c(=O)c2C)cn1. The number of ether oxygens (including phenoxy) is 1. The molecule has 0 fully saturated rings. The molecule has 106 valence electrons. The third-order valence-corrected chi connectivity index (χ3v) is 3.08. The number of hydrogen-bond acceptors (Lipinski definition) is 4. The van der Waals surface area contributed by atoms with Crippen LogP contribution in [0.4, 0.5) is 0 Å². The van der Waals surface area contributed by atoms with E-state index < -0.39 is 0 Å². The third-order valence-electron chi connectivity index (χ3n) is 3.08. The lowest BCUT2D eigenvalue weighted by Crippen LogP contribution is -2.24. The summed E-state index contributed by atoms with van der Waals surface area (Å²) < 4.78 is 5.04. The lowest BCUT2D eigenvalue weighted by Gasteiger charge is -2.18. The summed E-state index contributed by atoms with van der Waals surface area (Å²) >= 11 is 0. The molecule has 0 atom stereocenters. The highest BCUT2D eigenvalue weighted by molar-refractivity contribution is 5.61. The summed E-state index contributed by atoms with van der Waals surface area (Å²) in [5.74, 6) is 1.20. The van der Waals surface area contributed by atoms with Gasteiger partial charge in [-0.3, -0.25) is 4.79 Å². The average Bonchev–Trinajstić information content (AvgIpc) is 2.40. The minimum Gasteiger partial charge on any atom is -0.481 e. The highest BCUT2D eigenvalue weighted by atomic mass is 16.5. The zero-order chi connectivity index (χ0) is 14.9. The molecule has 20 heavy (non-hydrogen) atoms. The lowest BCUT2D eigenvalue weighted by atomic mass is 9.95. The van der Waals surface area contributed by atoms with Crippen molar-refractivity contribution >= 4 is 0 Å². The fraction of sp³-hybridized carbons (Fsp3) is 0.400. The van der Waals surface area contributed by atoms with Gasteiger partial charge in [-0.25, -0.2) is 9.97 Å². The molecule has 0 aliphatic heterocycles. The van der Waals surface area contributed by atoms with Crippen LogP contribution in [0.3, 0.4) is 0 Å². The highest BCUT2D eigenvalue weighted by Gasteiger charge is 2.19. The first-order chi connectivity index (χ1) is 9.32. The van der Waals surface area contributed by atoms with E-state index in [0.29, 0.717) is 23.0 Å². The highest BCUT2D eigenvalue weighted by Crippen LogP contribution is 2.23. The molecule has 0 saturated carbocycles. The van der Waals surface area contributed by atoms with Gasteiger partial charge in [0.1, 0.15) is 5.82 Å². The molecule has 0 amide bonds. The van der Waals surface area contributed by atoms with E-state index in [4.69, 9.17) is 4.74 Å². The van der Waals surface area contributed by atoms with Gasteiger partial charge in [0, 0.05) is 28.8 Å². The van der Waals surface area contributed by atoms with E-state index in [0.717, 1.165) is 5.56 Å². The van der Waals surface area contributed by atoms with Gasteiger partial charge in [0.15, 0.2) is 0 Å². The number of methoxy groups -OCH3 is 1. The van der Waals surface area contributed by atoms with Crippen LogP contribution >= 0.6 is 0 Å². The zero-order valence-electron chi connectivity index (χ0n) is 12.4. The minimum atomic E-state index is -0.221. The quantitative estimate of drug-likeness (QED) is 0.912. The van der Waals surface area contributed by atoms with E-state index in [-0.39, 0.29) is 11.0 Å². The summed E-state index contributed by atoms with van der Waals surface area (Å²) in [6.45, 7) is 7.79. The topological polar surface area (TPSA) is 67.9 Å². The first-order valence-electron chi connectivity index (χ1n) is 6.44. The van der Waals surface area contributed by atoms with E-state index >= 15 is 0 Å². The summed E-state index contributed by atoms with van der Waals surface area (Å²) in [5.41, 5.74) is 1.72. The molecular formula is C15H19N3O2. The number of nitrogens with zero attached hydrogens (tertiary/aromatic N) is 2. The van der Waals surface area contributed by atoms with E-state index in [1.165, 1.54) is 0 Å². The van der Waals surface area contributed by atoms with E-state index in [1.807, 2.05) is 26.8 Å². The number of hydrogen-bond donors (Lipinski definition) is 1. The van der Waals surface area contributed by atoms with Crippen LogP contribution in [0.15, 0.2) is 23.1 Å². The smallest absolute Gasteiger partial charge is 0.254 e. The van der Waals surface area contributed by atoms with Gasteiger partial charge in [0.25, 0.3) is 5.56 Å². The number of pyridine rings is 1.